The third kappa shape index (κ3) is 10.5. The first-order valence-electron chi connectivity index (χ1n) is 11.9. The van der Waals surface area contributed by atoms with Crippen LogP contribution in [0.2, 0.25) is 0 Å². The van der Waals surface area contributed by atoms with Crippen molar-refractivity contribution < 1.29 is 17.9 Å². The molecule has 1 aromatic heterocycles. The van der Waals surface area contributed by atoms with E-state index in [4.69, 9.17) is 9.15 Å². The second kappa shape index (κ2) is 13.3. The Morgan fingerprint density at radius 1 is 1.12 bits per heavy atom. The Labute approximate surface area is 203 Å². The molecule has 0 unspecified atom stereocenters. The van der Waals surface area contributed by atoms with E-state index in [1.165, 1.54) is 19.3 Å². The molecule has 2 rings (SSSR count). The molecule has 34 heavy (non-hydrogen) atoms. The number of alkyl halides is 2. The first kappa shape index (κ1) is 29.3. The summed E-state index contributed by atoms with van der Waals surface area (Å²) in [6.45, 7) is 18.0. The van der Waals surface area contributed by atoms with E-state index in [9.17, 15) is 13.6 Å². The first-order valence-corrected chi connectivity index (χ1v) is 11.9. The lowest BCUT2D eigenvalue weighted by molar-refractivity contribution is 0.0186. The summed E-state index contributed by atoms with van der Waals surface area (Å²) in [4.78, 5) is 11.5. The fraction of sp³-hybridized carbons (Fsp3) is 0.483. The van der Waals surface area contributed by atoms with E-state index in [1.807, 2.05) is 26.0 Å². The Kier molecular flexibility index (Phi) is 11.4. The van der Waals surface area contributed by atoms with Crippen LogP contribution in [0.25, 0.3) is 11.0 Å². The molecule has 0 N–H and O–H groups in total. The molecule has 0 saturated carbocycles. The Balaban J connectivity index is 0.000000620. The highest BCUT2D eigenvalue weighted by atomic mass is 19.3. The minimum absolute atomic E-state index is 0.157. The normalized spacial score (nSPS) is 12.9. The molecule has 0 amide bonds. The molecule has 0 aliphatic carbocycles. The van der Waals surface area contributed by atoms with E-state index >= 15 is 0 Å². The molecule has 0 saturated heterocycles. The summed E-state index contributed by atoms with van der Waals surface area (Å²) in [5.74, 6) is -2.46. The van der Waals surface area contributed by atoms with E-state index in [0.717, 1.165) is 24.1 Å². The average molecular weight is 475 g/mol. The van der Waals surface area contributed by atoms with Gasteiger partial charge >= 0.3 is 5.63 Å². The van der Waals surface area contributed by atoms with Crippen LogP contribution in [0, 0.1) is 5.41 Å². The van der Waals surface area contributed by atoms with Gasteiger partial charge in [0.2, 0.25) is 0 Å². The van der Waals surface area contributed by atoms with Crippen molar-refractivity contribution in [3.8, 4) is 0 Å². The predicted octanol–water partition coefficient (Wildman–Crippen LogP) is 8.72. The second-order valence-corrected chi connectivity index (χ2v) is 9.76. The fourth-order valence-corrected chi connectivity index (χ4v) is 3.34. The zero-order valence-electron chi connectivity index (χ0n) is 21.8. The van der Waals surface area contributed by atoms with Gasteiger partial charge in [-0.3, -0.25) is 0 Å². The maximum atomic E-state index is 13.9. The van der Waals surface area contributed by atoms with Gasteiger partial charge < -0.3 is 9.15 Å². The zero-order valence-corrected chi connectivity index (χ0v) is 21.8. The molecule has 0 aliphatic heterocycles. The van der Waals surface area contributed by atoms with Crippen molar-refractivity contribution in [3.05, 3.63) is 82.0 Å². The molecule has 0 atom stereocenters. The van der Waals surface area contributed by atoms with Crippen molar-refractivity contribution in [2.45, 2.75) is 80.1 Å². The van der Waals surface area contributed by atoms with Crippen molar-refractivity contribution in [1.29, 1.82) is 0 Å². The van der Waals surface area contributed by atoms with E-state index in [2.05, 4.69) is 34.3 Å². The van der Waals surface area contributed by atoms with Gasteiger partial charge in [-0.15, -0.1) is 0 Å². The van der Waals surface area contributed by atoms with Crippen LogP contribution in [0.1, 0.15) is 78.9 Å². The molecule has 0 bridgehead atoms. The Hall–Kier alpha value is -2.69. The zero-order chi connectivity index (χ0) is 25.9. The number of unbranched alkanes of at least 4 members (excludes halogenated alkanes) is 1. The van der Waals surface area contributed by atoms with Gasteiger partial charge in [-0.05, 0) is 62.0 Å². The number of fused-ring (bicyclic) bond motifs is 1. The van der Waals surface area contributed by atoms with Crippen LogP contribution in [0.15, 0.2) is 69.6 Å². The van der Waals surface area contributed by atoms with Crippen molar-refractivity contribution in [2.24, 2.45) is 5.41 Å². The highest BCUT2D eigenvalue weighted by Gasteiger charge is 2.28. The van der Waals surface area contributed by atoms with Gasteiger partial charge in [-0.25, -0.2) is 13.6 Å². The minimum atomic E-state index is -3.13. The number of benzene rings is 1. The second-order valence-electron chi connectivity index (χ2n) is 9.76. The van der Waals surface area contributed by atoms with Gasteiger partial charge in [0.25, 0.3) is 5.92 Å². The smallest absolute Gasteiger partial charge is 0.336 e. The lowest BCUT2D eigenvalue weighted by Gasteiger charge is -2.16. The Morgan fingerprint density at radius 3 is 2.29 bits per heavy atom. The van der Waals surface area contributed by atoms with Crippen molar-refractivity contribution in [2.75, 3.05) is 6.61 Å². The average Bonchev–Trinajstić information content (AvgIpc) is 2.74. The molecule has 1 heterocycles. The molecule has 3 nitrogen and oxygen atoms in total. The topological polar surface area (TPSA) is 39.4 Å². The molecule has 0 radical (unpaired) electrons. The third-order valence-corrected chi connectivity index (χ3v) is 5.09. The first-order chi connectivity index (χ1) is 15.8. The summed E-state index contributed by atoms with van der Waals surface area (Å²) < 4.78 is 38.1. The largest absolute Gasteiger partial charge is 0.494 e. The predicted molar refractivity (Wildman–Crippen MR) is 138 cm³/mol. The highest BCUT2D eigenvalue weighted by Crippen LogP contribution is 2.32. The summed E-state index contributed by atoms with van der Waals surface area (Å²) in [6.07, 6.45) is 9.98. The summed E-state index contributed by atoms with van der Waals surface area (Å²) in [6, 6.07) is 5.82. The summed E-state index contributed by atoms with van der Waals surface area (Å²) in [5, 5.41) is 0.249. The number of allylic oxidation sites excluding steroid dienone is 4. The van der Waals surface area contributed by atoms with Crippen LogP contribution in [0.4, 0.5) is 8.78 Å². The Morgan fingerprint density at radius 2 is 1.79 bits per heavy atom. The van der Waals surface area contributed by atoms with Gasteiger partial charge in [0.15, 0.2) is 0 Å². The number of hydrogen-bond acceptors (Lipinski definition) is 3. The van der Waals surface area contributed by atoms with Crippen molar-refractivity contribution in [1.82, 2.24) is 0 Å². The molecule has 0 fully saturated rings. The Bertz CT molecular complexity index is 1050. The minimum Gasteiger partial charge on any atom is -0.494 e. The van der Waals surface area contributed by atoms with Crippen LogP contribution in [-0.4, -0.2) is 6.61 Å². The maximum Gasteiger partial charge on any atom is 0.336 e. The van der Waals surface area contributed by atoms with Gasteiger partial charge in [-0.1, -0.05) is 64.8 Å². The van der Waals surface area contributed by atoms with E-state index in [-0.39, 0.29) is 16.5 Å². The number of rotatable bonds is 9. The summed E-state index contributed by atoms with van der Waals surface area (Å²) in [7, 11) is 0. The molecule has 188 valence electrons. The summed E-state index contributed by atoms with van der Waals surface area (Å²) in [5.41, 5.74) is 1.47. The highest BCUT2D eigenvalue weighted by molar-refractivity contribution is 5.81. The van der Waals surface area contributed by atoms with Crippen LogP contribution in [0.3, 0.4) is 0 Å². The van der Waals surface area contributed by atoms with E-state index in [1.54, 1.807) is 24.3 Å². The van der Waals surface area contributed by atoms with Crippen molar-refractivity contribution >= 4 is 11.0 Å². The van der Waals surface area contributed by atoms with Crippen molar-refractivity contribution in [3.63, 3.8) is 0 Å². The number of halogens is 2. The SMILES string of the molecule is C=C/C(=C\C=C(/C)Cc1ccc2oc(=O)cc(C(C)(F)F)c2c1)OCC.CCCCC(C)(C)C. The van der Waals surface area contributed by atoms with Crippen LogP contribution < -0.4 is 5.63 Å². The molecule has 0 aliphatic rings. The lowest BCUT2D eigenvalue weighted by atomic mass is 9.90. The van der Waals surface area contributed by atoms with Gasteiger partial charge in [0, 0.05) is 23.9 Å². The van der Waals surface area contributed by atoms with Gasteiger partial charge in [0.1, 0.15) is 11.3 Å². The third-order valence-electron chi connectivity index (χ3n) is 5.09. The van der Waals surface area contributed by atoms with Gasteiger partial charge in [0.05, 0.1) is 6.61 Å². The van der Waals surface area contributed by atoms with Crippen LogP contribution >= 0.6 is 0 Å². The quantitative estimate of drug-likeness (QED) is 0.207. The number of hydrogen-bond donors (Lipinski definition) is 0. The fourth-order valence-electron chi connectivity index (χ4n) is 3.34. The standard InChI is InChI=1S/C21H22F2O3.C8H18/c1-5-16(25-6-2)9-7-14(3)11-15-8-10-19-17(12-15)18(21(4,22)23)13-20(24)26-19;1-5-6-7-8(2,3)4/h5,7-10,12-13H,1,6,11H2,2-4H3;5-7H2,1-4H3/b14-7+,16-9+;. The van der Waals surface area contributed by atoms with Crippen LogP contribution in [-0.2, 0) is 17.1 Å². The summed E-state index contributed by atoms with van der Waals surface area (Å²) >= 11 is 0. The van der Waals surface area contributed by atoms with Gasteiger partial charge in [-0.2, -0.15) is 0 Å². The molecule has 5 heteroatoms. The van der Waals surface area contributed by atoms with E-state index in [0.29, 0.717) is 24.2 Å². The number of ether oxygens (including phenoxy) is 1. The molecule has 1 aromatic carbocycles. The lowest BCUT2D eigenvalue weighted by Crippen LogP contribution is -2.12. The molecule has 2 aromatic rings. The molecular weight excluding hydrogens is 434 g/mol. The molecule has 0 spiro atoms. The van der Waals surface area contributed by atoms with Crippen LogP contribution in [0.5, 0.6) is 0 Å². The maximum absolute atomic E-state index is 13.9. The molecular formula is C29H40F2O3. The monoisotopic (exact) mass is 474 g/mol. The van der Waals surface area contributed by atoms with E-state index < -0.39 is 11.5 Å².